The first kappa shape index (κ1) is 22.0. The second kappa shape index (κ2) is 9.23. The number of H-pyrrole nitrogens is 1. The van der Waals surface area contributed by atoms with Gasteiger partial charge in [-0.25, -0.2) is 0 Å². The van der Waals surface area contributed by atoms with E-state index in [9.17, 15) is 4.79 Å². The highest BCUT2D eigenvalue weighted by atomic mass is 35.5. The standard InChI is InChI=1S/C25H30ClN5O2/c1-16-4-6-19(26)14-20(16)31-12-10-30(11-13-31)9-3-8-27-25(32)24-17(2)22-21(33-24)7-5-18-15-28-29-23(18)22/h4,6,14-15H,3,5,7-13H2,1-2H3,(H,27,32)(H,28,29). The number of anilines is 1. The lowest BCUT2D eigenvalue weighted by Gasteiger charge is -2.36. The Balaban J connectivity index is 1.10. The van der Waals surface area contributed by atoms with E-state index in [1.807, 2.05) is 19.2 Å². The molecule has 2 aromatic heterocycles. The molecular formula is C25H30ClN5O2. The van der Waals surface area contributed by atoms with Gasteiger partial charge in [-0.1, -0.05) is 17.7 Å². The zero-order valence-corrected chi connectivity index (χ0v) is 20.0. The fourth-order valence-electron chi connectivity index (χ4n) is 4.98. The number of aromatic nitrogens is 2. The van der Waals surface area contributed by atoms with Gasteiger partial charge in [-0.2, -0.15) is 5.10 Å². The Hall–Kier alpha value is -2.77. The third-order valence-electron chi connectivity index (χ3n) is 6.84. The van der Waals surface area contributed by atoms with Crippen LogP contribution in [-0.2, 0) is 12.8 Å². The number of hydrogen-bond acceptors (Lipinski definition) is 5. The summed E-state index contributed by atoms with van der Waals surface area (Å²) in [5.74, 6) is 1.17. The van der Waals surface area contributed by atoms with Gasteiger partial charge in [-0.3, -0.25) is 14.8 Å². The number of aryl methyl sites for hydroxylation is 3. The highest BCUT2D eigenvalue weighted by Gasteiger charge is 2.28. The molecule has 0 atom stereocenters. The molecule has 2 aliphatic rings. The van der Waals surface area contributed by atoms with Crippen molar-refractivity contribution in [2.75, 3.05) is 44.2 Å². The number of nitrogens with one attached hydrogen (secondary N) is 2. The maximum Gasteiger partial charge on any atom is 0.287 e. The molecule has 1 fully saturated rings. The van der Waals surface area contributed by atoms with Gasteiger partial charge in [0.15, 0.2) is 5.76 Å². The zero-order valence-electron chi connectivity index (χ0n) is 19.2. The van der Waals surface area contributed by atoms with Crippen molar-refractivity contribution in [1.82, 2.24) is 20.4 Å². The molecule has 7 nitrogen and oxygen atoms in total. The highest BCUT2D eigenvalue weighted by molar-refractivity contribution is 6.30. The average Bonchev–Trinajstić information content (AvgIpc) is 3.43. The number of carbonyl (C=O) groups is 1. The molecule has 5 rings (SSSR count). The number of carbonyl (C=O) groups excluding carboxylic acids is 1. The van der Waals surface area contributed by atoms with Crippen LogP contribution < -0.4 is 10.2 Å². The van der Waals surface area contributed by atoms with Crippen LogP contribution in [0.5, 0.6) is 0 Å². The molecule has 33 heavy (non-hydrogen) atoms. The van der Waals surface area contributed by atoms with Crippen molar-refractivity contribution in [3.05, 3.63) is 57.6 Å². The third-order valence-corrected chi connectivity index (χ3v) is 7.07. The molecule has 1 saturated heterocycles. The number of piperazine rings is 1. The lowest BCUT2D eigenvalue weighted by Crippen LogP contribution is -2.47. The van der Waals surface area contributed by atoms with Crippen LogP contribution in [0.25, 0.3) is 11.3 Å². The minimum Gasteiger partial charge on any atom is -0.455 e. The van der Waals surface area contributed by atoms with E-state index in [-0.39, 0.29) is 5.91 Å². The number of nitrogens with zero attached hydrogens (tertiary/aromatic N) is 3. The first-order valence-corrected chi connectivity index (χ1v) is 12.1. The smallest absolute Gasteiger partial charge is 0.287 e. The number of aromatic amines is 1. The van der Waals surface area contributed by atoms with Crippen molar-refractivity contribution in [2.24, 2.45) is 0 Å². The largest absolute Gasteiger partial charge is 0.455 e. The van der Waals surface area contributed by atoms with Crippen LogP contribution in [0.2, 0.25) is 5.02 Å². The summed E-state index contributed by atoms with van der Waals surface area (Å²) in [7, 11) is 0. The second-order valence-electron chi connectivity index (χ2n) is 8.99. The Morgan fingerprint density at radius 3 is 2.85 bits per heavy atom. The molecule has 0 radical (unpaired) electrons. The molecule has 174 valence electrons. The van der Waals surface area contributed by atoms with Crippen LogP contribution in [-0.4, -0.2) is 60.3 Å². The summed E-state index contributed by atoms with van der Waals surface area (Å²) in [6.07, 6.45) is 4.46. The van der Waals surface area contributed by atoms with Gasteiger partial charge < -0.3 is 14.6 Å². The van der Waals surface area contributed by atoms with E-state index >= 15 is 0 Å². The number of rotatable bonds is 6. The maximum atomic E-state index is 12.8. The van der Waals surface area contributed by atoms with Crippen molar-refractivity contribution in [2.45, 2.75) is 33.1 Å². The SMILES string of the molecule is Cc1ccc(Cl)cc1N1CCN(CCCNC(=O)c2oc3c(c2C)-c2[nH]ncc2CC3)CC1. The fourth-order valence-corrected chi connectivity index (χ4v) is 5.15. The number of hydrogen-bond donors (Lipinski definition) is 2. The molecule has 3 aromatic rings. The molecule has 1 amide bonds. The molecule has 0 unspecified atom stereocenters. The number of amides is 1. The Kier molecular flexibility index (Phi) is 6.17. The van der Waals surface area contributed by atoms with Gasteiger partial charge >= 0.3 is 0 Å². The highest BCUT2D eigenvalue weighted by Crippen LogP contribution is 2.37. The second-order valence-corrected chi connectivity index (χ2v) is 9.43. The molecule has 1 aliphatic heterocycles. The van der Waals surface area contributed by atoms with Crippen LogP contribution >= 0.6 is 11.6 Å². The lowest BCUT2D eigenvalue weighted by molar-refractivity contribution is 0.0921. The van der Waals surface area contributed by atoms with Gasteiger partial charge in [-0.15, -0.1) is 0 Å². The van der Waals surface area contributed by atoms with E-state index in [2.05, 4.69) is 44.4 Å². The van der Waals surface area contributed by atoms with Crippen molar-refractivity contribution in [1.29, 1.82) is 0 Å². The Labute approximate surface area is 199 Å². The normalized spacial score (nSPS) is 15.9. The van der Waals surface area contributed by atoms with E-state index in [1.54, 1.807) is 0 Å². The zero-order chi connectivity index (χ0) is 22.9. The van der Waals surface area contributed by atoms with E-state index in [1.165, 1.54) is 16.8 Å². The lowest BCUT2D eigenvalue weighted by atomic mass is 9.93. The predicted octanol–water partition coefficient (Wildman–Crippen LogP) is 3.98. The molecule has 0 bridgehead atoms. The molecule has 2 N–H and O–H groups in total. The summed E-state index contributed by atoms with van der Waals surface area (Å²) in [4.78, 5) is 17.6. The van der Waals surface area contributed by atoms with Gasteiger partial charge in [0.25, 0.3) is 5.91 Å². The van der Waals surface area contributed by atoms with Crippen molar-refractivity contribution >= 4 is 23.2 Å². The number of furan rings is 1. The molecule has 0 spiro atoms. The van der Waals surface area contributed by atoms with Gasteiger partial charge in [-0.05, 0) is 56.5 Å². The minimum atomic E-state index is -0.135. The summed E-state index contributed by atoms with van der Waals surface area (Å²) in [5.41, 5.74) is 6.56. The Morgan fingerprint density at radius 1 is 1.21 bits per heavy atom. The van der Waals surface area contributed by atoms with Gasteiger partial charge in [0.2, 0.25) is 0 Å². The summed E-state index contributed by atoms with van der Waals surface area (Å²) >= 11 is 6.19. The maximum absolute atomic E-state index is 12.8. The molecular weight excluding hydrogens is 438 g/mol. The fraction of sp³-hybridized carbons (Fsp3) is 0.440. The predicted molar refractivity (Wildman–Crippen MR) is 130 cm³/mol. The first-order chi connectivity index (χ1) is 16.0. The van der Waals surface area contributed by atoms with Crippen molar-refractivity contribution in [3.63, 3.8) is 0 Å². The Morgan fingerprint density at radius 2 is 2.03 bits per heavy atom. The topological polar surface area (TPSA) is 77.4 Å². The Bertz CT molecular complexity index is 1160. The quantitative estimate of drug-likeness (QED) is 0.536. The molecule has 8 heteroatoms. The summed E-state index contributed by atoms with van der Waals surface area (Å²) in [6, 6.07) is 6.08. The molecule has 0 saturated carbocycles. The van der Waals surface area contributed by atoms with E-state index in [4.69, 9.17) is 16.0 Å². The number of halogens is 1. The van der Waals surface area contributed by atoms with E-state index in [0.29, 0.717) is 12.3 Å². The van der Waals surface area contributed by atoms with Crippen LogP contribution in [0.4, 0.5) is 5.69 Å². The molecule has 1 aliphatic carbocycles. The number of fused-ring (bicyclic) bond motifs is 3. The summed E-state index contributed by atoms with van der Waals surface area (Å²) in [5, 5.41) is 11.0. The van der Waals surface area contributed by atoms with Gasteiger partial charge in [0.1, 0.15) is 5.76 Å². The average molecular weight is 468 g/mol. The summed E-state index contributed by atoms with van der Waals surface area (Å²) < 4.78 is 5.96. The summed E-state index contributed by atoms with van der Waals surface area (Å²) in [6.45, 7) is 9.67. The minimum absolute atomic E-state index is 0.135. The number of benzene rings is 1. The van der Waals surface area contributed by atoms with Gasteiger partial charge in [0, 0.05) is 61.0 Å². The van der Waals surface area contributed by atoms with E-state index < -0.39 is 0 Å². The van der Waals surface area contributed by atoms with Gasteiger partial charge in [0.05, 0.1) is 11.9 Å². The van der Waals surface area contributed by atoms with E-state index in [0.717, 1.165) is 79.6 Å². The van der Waals surface area contributed by atoms with Crippen LogP contribution in [0.1, 0.15) is 39.4 Å². The van der Waals surface area contributed by atoms with Crippen LogP contribution in [0.15, 0.2) is 28.8 Å². The molecule has 1 aromatic carbocycles. The monoisotopic (exact) mass is 467 g/mol. The first-order valence-electron chi connectivity index (χ1n) is 11.7. The van der Waals surface area contributed by atoms with Crippen LogP contribution in [0, 0.1) is 13.8 Å². The molecule has 3 heterocycles. The van der Waals surface area contributed by atoms with Crippen molar-refractivity contribution in [3.8, 4) is 11.3 Å². The van der Waals surface area contributed by atoms with Crippen LogP contribution in [0.3, 0.4) is 0 Å². The van der Waals surface area contributed by atoms with Crippen molar-refractivity contribution < 1.29 is 9.21 Å². The third kappa shape index (κ3) is 4.39.